The number of hydrogen-bond acceptors (Lipinski definition) is 2. The fourth-order valence-corrected chi connectivity index (χ4v) is 2.43. The summed E-state index contributed by atoms with van der Waals surface area (Å²) >= 11 is 5.91. The second-order valence-corrected chi connectivity index (χ2v) is 5.42. The number of carbonyl (C=O) groups excluding carboxylic acids is 1. The Kier molecular flexibility index (Phi) is 5.13. The van der Waals surface area contributed by atoms with E-state index in [4.69, 9.17) is 16.3 Å². The third-order valence-electron chi connectivity index (χ3n) is 3.48. The van der Waals surface area contributed by atoms with Gasteiger partial charge < -0.3 is 9.64 Å². The molecule has 7 heteroatoms. The van der Waals surface area contributed by atoms with Crippen LogP contribution in [-0.2, 0) is 22.3 Å². The summed E-state index contributed by atoms with van der Waals surface area (Å²) in [7, 11) is 0. The molecule has 1 aromatic carbocycles. The van der Waals surface area contributed by atoms with Crippen molar-refractivity contribution in [2.75, 3.05) is 13.1 Å². The van der Waals surface area contributed by atoms with Crippen molar-refractivity contribution >= 4 is 17.5 Å². The summed E-state index contributed by atoms with van der Waals surface area (Å²) in [5.41, 5.74) is -0.477. The number of benzene rings is 1. The van der Waals surface area contributed by atoms with E-state index in [-0.39, 0.29) is 29.2 Å². The van der Waals surface area contributed by atoms with E-state index in [0.717, 1.165) is 12.1 Å². The van der Waals surface area contributed by atoms with Crippen molar-refractivity contribution in [2.45, 2.75) is 25.3 Å². The monoisotopic (exact) mass is 333 g/mol. The molecule has 1 aromatic rings. The maximum atomic E-state index is 12.7. The van der Waals surface area contributed by atoms with Crippen LogP contribution in [0, 0.1) is 0 Å². The van der Waals surface area contributed by atoms with Gasteiger partial charge in [0.15, 0.2) is 0 Å². The molecule has 1 aliphatic heterocycles. The zero-order valence-corrected chi connectivity index (χ0v) is 12.5. The molecular weight excluding hydrogens is 319 g/mol. The number of rotatable bonds is 4. The number of ether oxygens (including phenoxy) is 1. The van der Waals surface area contributed by atoms with Crippen molar-refractivity contribution in [3.63, 3.8) is 0 Å². The molecule has 0 bridgehead atoms. The van der Waals surface area contributed by atoms with Gasteiger partial charge >= 0.3 is 6.18 Å². The Balaban J connectivity index is 1.98. The van der Waals surface area contributed by atoms with Gasteiger partial charge in [-0.1, -0.05) is 18.2 Å². The summed E-state index contributed by atoms with van der Waals surface area (Å²) in [6.07, 6.45) is -2.77. The van der Waals surface area contributed by atoms with E-state index in [1.807, 2.05) is 0 Å². The average Bonchev–Trinajstić information content (AvgIpc) is 2.93. The number of amides is 1. The maximum Gasteiger partial charge on any atom is 0.416 e. The van der Waals surface area contributed by atoms with Crippen LogP contribution >= 0.6 is 11.6 Å². The van der Waals surface area contributed by atoms with Crippen LogP contribution in [0.1, 0.15) is 17.5 Å². The molecule has 0 unspecified atom stereocenters. The van der Waals surface area contributed by atoms with Gasteiger partial charge in [0.05, 0.1) is 18.3 Å². The minimum absolute atomic E-state index is 0.0243. The van der Waals surface area contributed by atoms with Gasteiger partial charge in [0, 0.05) is 18.1 Å². The van der Waals surface area contributed by atoms with Crippen LogP contribution in [0.15, 0.2) is 30.9 Å². The molecule has 22 heavy (non-hydrogen) atoms. The lowest BCUT2D eigenvalue weighted by Crippen LogP contribution is -2.28. The van der Waals surface area contributed by atoms with Crippen LogP contribution in [0.25, 0.3) is 0 Å². The number of carbonyl (C=O) groups is 1. The van der Waals surface area contributed by atoms with E-state index in [9.17, 15) is 18.0 Å². The van der Waals surface area contributed by atoms with Gasteiger partial charge in [0.25, 0.3) is 0 Å². The van der Waals surface area contributed by atoms with Gasteiger partial charge in [-0.05, 0) is 36.3 Å². The third kappa shape index (κ3) is 4.01. The van der Waals surface area contributed by atoms with Gasteiger partial charge in [-0.3, -0.25) is 4.79 Å². The lowest BCUT2D eigenvalue weighted by molar-refractivity contribution is -0.137. The molecule has 1 fully saturated rings. The molecule has 0 aromatic heterocycles. The first-order valence-corrected chi connectivity index (χ1v) is 7.07. The topological polar surface area (TPSA) is 29.5 Å². The zero-order chi connectivity index (χ0) is 16.3. The van der Waals surface area contributed by atoms with E-state index < -0.39 is 11.7 Å². The minimum Gasteiger partial charge on any atom is -0.372 e. The zero-order valence-electron chi connectivity index (χ0n) is 11.7. The molecule has 0 aliphatic carbocycles. The molecule has 3 nitrogen and oxygen atoms in total. The number of alkyl halides is 3. The Labute approximate surface area is 131 Å². The van der Waals surface area contributed by atoms with Crippen molar-refractivity contribution in [2.24, 2.45) is 0 Å². The smallest absolute Gasteiger partial charge is 0.372 e. The first kappa shape index (κ1) is 16.8. The van der Waals surface area contributed by atoms with E-state index in [1.165, 1.54) is 12.1 Å². The average molecular weight is 334 g/mol. The first-order valence-electron chi connectivity index (χ1n) is 6.70. The molecule has 0 saturated carbocycles. The van der Waals surface area contributed by atoms with E-state index in [2.05, 4.69) is 6.58 Å². The van der Waals surface area contributed by atoms with Gasteiger partial charge in [-0.2, -0.15) is 13.2 Å². The van der Waals surface area contributed by atoms with Crippen molar-refractivity contribution < 1.29 is 22.7 Å². The van der Waals surface area contributed by atoms with Gasteiger partial charge in [0.1, 0.15) is 0 Å². The molecule has 1 amide bonds. The normalized spacial score (nSPS) is 18.5. The Morgan fingerprint density at radius 1 is 1.50 bits per heavy atom. The van der Waals surface area contributed by atoms with Crippen LogP contribution in [0.5, 0.6) is 0 Å². The molecule has 1 aliphatic rings. The number of halogens is 4. The van der Waals surface area contributed by atoms with Gasteiger partial charge in [-0.25, -0.2) is 0 Å². The second-order valence-electron chi connectivity index (χ2n) is 5.01. The molecule has 1 atom stereocenters. The van der Waals surface area contributed by atoms with Crippen LogP contribution in [0.3, 0.4) is 0 Å². The molecular formula is C15H15ClF3NO2. The van der Waals surface area contributed by atoms with E-state index in [1.54, 1.807) is 4.90 Å². The van der Waals surface area contributed by atoms with E-state index in [0.29, 0.717) is 19.5 Å². The van der Waals surface area contributed by atoms with Crippen LogP contribution < -0.4 is 0 Å². The van der Waals surface area contributed by atoms with Gasteiger partial charge in [0.2, 0.25) is 5.91 Å². The minimum atomic E-state index is -4.42. The Morgan fingerprint density at radius 3 is 2.86 bits per heavy atom. The summed E-state index contributed by atoms with van der Waals surface area (Å²) in [6, 6.07) is 3.14. The highest BCUT2D eigenvalue weighted by molar-refractivity contribution is 6.31. The lowest BCUT2D eigenvalue weighted by Gasteiger charge is -2.16. The number of nitrogens with zero attached hydrogens (tertiary/aromatic N) is 1. The fourth-order valence-electron chi connectivity index (χ4n) is 2.26. The van der Waals surface area contributed by atoms with Crippen LogP contribution in [0.2, 0.25) is 5.02 Å². The Hall–Kier alpha value is -1.53. The largest absolute Gasteiger partial charge is 0.416 e. The SMILES string of the molecule is C=CC(=O)N1CC[C@H](OCc2cc(C(F)(F)F)ccc2Cl)C1. The quantitative estimate of drug-likeness (QED) is 0.787. The number of likely N-dealkylation sites (tertiary alicyclic amines) is 1. The summed E-state index contributed by atoms with van der Waals surface area (Å²) in [5, 5.41) is 0.227. The molecule has 0 radical (unpaired) electrons. The highest BCUT2D eigenvalue weighted by Crippen LogP contribution is 2.32. The predicted molar refractivity (Wildman–Crippen MR) is 76.4 cm³/mol. The fraction of sp³-hybridized carbons (Fsp3) is 0.400. The summed E-state index contributed by atoms with van der Waals surface area (Å²) in [6.45, 7) is 4.34. The van der Waals surface area contributed by atoms with Gasteiger partial charge in [-0.15, -0.1) is 0 Å². The molecule has 1 saturated heterocycles. The molecule has 2 rings (SSSR count). The molecule has 0 N–H and O–H groups in total. The van der Waals surface area contributed by atoms with Crippen LogP contribution in [-0.4, -0.2) is 30.0 Å². The second kappa shape index (κ2) is 6.71. The van der Waals surface area contributed by atoms with Crippen LogP contribution in [0.4, 0.5) is 13.2 Å². The van der Waals surface area contributed by atoms with Crippen molar-refractivity contribution in [3.8, 4) is 0 Å². The molecule has 1 heterocycles. The maximum absolute atomic E-state index is 12.7. The first-order chi connectivity index (χ1) is 10.3. The molecule has 0 spiro atoms. The van der Waals surface area contributed by atoms with E-state index >= 15 is 0 Å². The Morgan fingerprint density at radius 2 is 2.23 bits per heavy atom. The van der Waals surface area contributed by atoms with Crippen molar-refractivity contribution in [3.05, 3.63) is 47.0 Å². The standard InChI is InChI=1S/C15H15ClF3NO2/c1-2-14(21)20-6-5-12(8-20)22-9-10-7-11(15(17,18)19)3-4-13(10)16/h2-4,7,12H,1,5-6,8-9H2/t12-/m0/s1. The Bertz CT molecular complexity index is 574. The summed E-state index contributed by atoms with van der Waals surface area (Å²) in [4.78, 5) is 13.0. The molecule has 120 valence electrons. The highest BCUT2D eigenvalue weighted by Gasteiger charge is 2.31. The highest BCUT2D eigenvalue weighted by atomic mass is 35.5. The number of hydrogen-bond donors (Lipinski definition) is 0. The van der Waals surface area contributed by atoms with Crippen molar-refractivity contribution in [1.29, 1.82) is 0 Å². The third-order valence-corrected chi connectivity index (χ3v) is 3.85. The van der Waals surface area contributed by atoms with Crippen molar-refractivity contribution in [1.82, 2.24) is 4.90 Å². The predicted octanol–water partition coefficient (Wildman–Crippen LogP) is 3.66. The lowest BCUT2D eigenvalue weighted by atomic mass is 10.1. The summed E-state index contributed by atoms with van der Waals surface area (Å²) in [5.74, 6) is -0.178. The summed E-state index contributed by atoms with van der Waals surface area (Å²) < 4.78 is 43.6.